The third-order valence-electron chi connectivity index (χ3n) is 4.67. The number of nitrogens with zero attached hydrogens (tertiary/aromatic N) is 1. The van der Waals surface area contributed by atoms with Crippen molar-refractivity contribution in [2.45, 2.75) is 44.7 Å². The molecule has 1 amide bonds. The molecule has 2 fully saturated rings. The Morgan fingerprint density at radius 2 is 1.68 bits per heavy atom. The highest BCUT2D eigenvalue weighted by molar-refractivity contribution is 5.81. The first-order valence-electron chi connectivity index (χ1n) is 7.73. The summed E-state index contributed by atoms with van der Waals surface area (Å²) < 4.78 is 11.6. The standard InChI is InChI=1S/C17H23NO4/c1-10-11(2)22-17(21-10)13-7-5-12(6-8-13)14-9-15(14)16(19)18(3)20-4/h5-8,10-11,14-15,17H,9H2,1-4H3/t10-,11-,14-,15+/m0/s1. The molecule has 1 heterocycles. The number of amides is 1. The second kappa shape index (κ2) is 5.99. The van der Waals surface area contributed by atoms with Gasteiger partial charge in [0.2, 0.25) is 5.91 Å². The Labute approximate surface area is 131 Å². The quantitative estimate of drug-likeness (QED) is 0.802. The second-order valence-electron chi connectivity index (χ2n) is 6.15. The van der Waals surface area contributed by atoms with Crippen molar-refractivity contribution in [3.8, 4) is 0 Å². The number of ether oxygens (including phenoxy) is 2. The summed E-state index contributed by atoms with van der Waals surface area (Å²) in [6, 6.07) is 8.20. The van der Waals surface area contributed by atoms with Crippen LogP contribution in [0.15, 0.2) is 24.3 Å². The van der Waals surface area contributed by atoms with Gasteiger partial charge in [-0.2, -0.15) is 0 Å². The van der Waals surface area contributed by atoms with E-state index in [2.05, 4.69) is 12.1 Å². The summed E-state index contributed by atoms with van der Waals surface area (Å²) in [6.45, 7) is 4.04. The number of rotatable bonds is 4. The van der Waals surface area contributed by atoms with E-state index in [0.717, 1.165) is 12.0 Å². The lowest BCUT2D eigenvalue weighted by Crippen LogP contribution is -2.27. The van der Waals surface area contributed by atoms with Gasteiger partial charge in [-0.25, -0.2) is 5.06 Å². The first kappa shape index (κ1) is 15.5. The summed E-state index contributed by atoms with van der Waals surface area (Å²) in [5.41, 5.74) is 2.21. The van der Waals surface area contributed by atoms with Gasteiger partial charge in [-0.15, -0.1) is 0 Å². The van der Waals surface area contributed by atoms with Gasteiger partial charge in [-0.1, -0.05) is 24.3 Å². The molecule has 0 aromatic heterocycles. The number of carbonyl (C=O) groups excluding carboxylic acids is 1. The van der Waals surface area contributed by atoms with Crippen LogP contribution >= 0.6 is 0 Å². The Balaban J connectivity index is 1.63. The largest absolute Gasteiger partial charge is 0.343 e. The van der Waals surface area contributed by atoms with Gasteiger partial charge in [-0.3, -0.25) is 9.63 Å². The molecule has 3 rings (SSSR count). The fraction of sp³-hybridized carbons (Fsp3) is 0.588. The summed E-state index contributed by atoms with van der Waals surface area (Å²) in [6.07, 6.45) is 0.825. The maximum Gasteiger partial charge on any atom is 0.249 e. The van der Waals surface area contributed by atoms with E-state index in [1.807, 2.05) is 26.0 Å². The van der Waals surface area contributed by atoms with Crippen LogP contribution in [0.25, 0.3) is 0 Å². The van der Waals surface area contributed by atoms with Crippen LogP contribution in [0.4, 0.5) is 0 Å². The van der Waals surface area contributed by atoms with Gasteiger partial charge < -0.3 is 9.47 Å². The summed E-state index contributed by atoms with van der Waals surface area (Å²) >= 11 is 0. The molecule has 1 aromatic rings. The Kier molecular flexibility index (Phi) is 4.21. The first-order chi connectivity index (χ1) is 10.5. The Morgan fingerprint density at radius 1 is 1.14 bits per heavy atom. The van der Waals surface area contributed by atoms with Gasteiger partial charge in [0.25, 0.3) is 0 Å². The lowest BCUT2D eigenvalue weighted by Gasteiger charge is -2.13. The van der Waals surface area contributed by atoms with Crippen molar-refractivity contribution < 1.29 is 19.1 Å². The summed E-state index contributed by atoms with van der Waals surface area (Å²) in [5.74, 6) is 0.374. The SMILES string of the molecule is CON(C)C(=O)[C@@H]1C[C@H]1c1ccc(C2O[C@@H](C)[C@H](C)O2)cc1. The smallest absolute Gasteiger partial charge is 0.249 e. The minimum absolute atomic E-state index is 0.0369. The normalized spacial score (nSPS) is 31.3. The van der Waals surface area contributed by atoms with Gasteiger partial charge in [0.1, 0.15) is 0 Å². The summed E-state index contributed by atoms with van der Waals surface area (Å²) in [5, 5.41) is 1.31. The highest BCUT2D eigenvalue weighted by atomic mass is 16.7. The van der Waals surface area contributed by atoms with E-state index in [4.69, 9.17) is 14.3 Å². The molecule has 5 nitrogen and oxygen atoms in total. The molecule has 1 aliphatic carbocycles. The lowest BCUT2D eigenvalue weighted by molar-refractivity contribution is -0.170. The zero-order chi connectivity index (χ0) is 15.9. The molecule has 1 saturated heterocycles. The Hall–Kier alpha value is -1.43. The van der Waals surface area contributed by atoms with Crippen molar-refractivity contribution in [3.05, 3.63) is 35.4 Å². The van der Waals surface area contributed by atoms with Crippen molar-refractivity contribution in [1.29, 1.82) is 0 Å². The van der Waals surface area contributed by atoms with E-state index in [1.165, 1.54) is 17.7 Å². The summed E-state index contributed by atoms with van der Waals surface area (Å²) in [4.78, 5) is 17.0. The molecule has 120 valence electrons. The molecule has 22 heavy (non-hydrogen) atoms. The predicted octanol–water partition coefficient (Wildman–Crippen LogP) is 2.63. The van der Waals surface area contributed by atoms with Crippen LogP contribution in [-0.2, 0) is 19.1 Å². The third-order valence-corrected chi connectivity index (χ3v) is 4.67. The van der Waals surface area contributed by atoms with Gasteiger partial charge in [-0.05, 0) is 31.7 Å². The van der Waals surface area contributed by atoms with E-state index >= 15 is 0 Å². The van der Waals surface area contributed by atoms with Crippen molar-refractivity contribution in [2.75, 3.05) is 14.2 Å². The topological polar surface area (TPSA) is 48.0 Å². The second-order valence-corrected chi connectivity index (χ2v) is 6.15. The third kappa shape index (κ3) is 2.89. The lowest BCUT2D eigenvalue weighted by atomic mass is 10.1. The molecule has 2 aliphatic rings. The van der Waals surface area contributed by atoms with Crippen molar-refractivity contribution in [2.24, 2.45) is 5.92 Å². The molecule has 0 N–H and O–H groups in total. The minimum atomic E-state index is -0.282. The Morgan fingerprint density at radius 3 is 2.23 bits per heavy atom. The van der Waals surface area contributed by atoms with Crippen LogP contribution in [0.5, 0.6) is 0 Å². The number of hydroxylamine groups is 2. The van der Waals surface area contributed by atoms with Gasteiger partial charge in [0.05, 0.1) is 19.3 Å². The van der Waals surface area contributed by atoms with Gasteiger partial charge in [0.15, 0.2) is 6.29 Å². The van der Waals surface area contributed by atoms with E-state index in [9.17, 15) is 4.79 Å². The Bertz CT molecular complexity index is 534. The van der Waals surface area contributed by atoms with Crippen molar-refractivity contribution >= 4 is 5.91 Å². The molecule has 1 saturated carbocycles. The molecule has 1 aliphatic heterocycles. The molecule has 4 atom stereocenters. The molecule has 0 unspecified atom stereocenters. The predicted molar refractivity (Wildman–Crippen MR) is 80.9 cm³/mol. The number of hydrogen-bond donors (Lipinski definition) is 0. The molecular weight excluding hydrogens is 282 g/mol. The summed E-state index contributed by atoms with van der Waals surface area (Å²) in [7, 11) is 3.16. The molecule has 0 spiro atoms. The first-order valence-corrected chi connectivity index (χ1v) is 7.73. The van der Waals surface area contributed by atoms with E-state index in [0.29, 0.717) is 5.92 Å². The number of hydrogen-bond acceptors (Lipinski definition) is 4. The van der Waals surface area contributed by atoms with Crippen LogP contribution in [-0.4, -0.2) is 37.3 Å². The highest BCUT2D eigenvalue weighted by Gasteiger charge is 2.45. The van der Waals surface area contributed by atoms with Crippen LogP contribution < -0.4 is 0 Å². The fourth-order valence-electron chi connectivity index (χ4n) is 2.86. The van der Waals surface area contributed by atoms with Gasteiger partial charge in [0, 0.05) is 18.5 Å². The average Bonchev–Trinajstić information content (AvgIpc) is 3.26. The van der Waals surface area contributed by atoms with Crippen LogP contribution in [0.1, 0.15) is 43.6 Å². The maximum absolute atomic E-state index is 12.0. The molecule has 0 bridgehead atoms. The zero-order valence-corrected chi connectivity index (χ0v) is 13.5. The fourth-order valence-corrected chi connectivity index (χ4v) is 2.86. The molecule has 0 radical (unpaired) electrons. The zero-order valence-electron chi connectivity index (χ0n) is 13.5. The highest BCUT2D eigenvalue weighted by Crippen LogP contribution is 2.48. The number of carbonyl (C=O) groups is 1. The molecule has 1 aromatic carbocycles. The van der Waals surface area contributed by atoms with Gasteiger partial charge >= 0.3 is 0 Å². The van der Waals surface area contributed by atoms with E-state index < -0.39 is 0 Å². The van der Waals surface area contributed by atoms with Crippen LogP contribution in [0.2, 0.25) is 0 Å². The average molecular weight is 305 g/mol. The monoisotopic (exact) mass is 305 g/mol. The minimum Gasteiger partial charge on any atom is -0.343 e. The maximum atomic E-state index is 12.0. The van der Waals surface area contributed by atoms with Crippen LogP contribution in [0.3, 0.4) is 0 Å². The molecule has 5 heteroatoms. The number of benzene rings is 1. The van der Waals surface area contributed by atoms with Crippen LogP contribution in [0, 0.1) is 5.92 Å². The van der Waals surface area contributed by atoms with Crippen molar-refractivity contribution in [1.82, 2.24) is 5.06 Å². The van der Waals surface area contributed by atoms with E-state index in [-0.39, 0.29) is 30.3 Å². The molecular formula is C17H23NO4. The van der Waals surface area contributed by atoms with E-state index in [1.54, 1.807) is 7.05 Å². The van der Waals surface area contributed by atoms with Crippen molar-refractivity contribution in [3.63, 3.8) is 0 Å².